The van der Waals surface area contributed by atoms with Gasteiger partial charge in [-0.3, -0.25) is 19.9 Å². The fraction of sp³-hybridized carbons (Fsp3) is 0.136. The van der Waals surface area contributed by atoms with Crippen molar-refractivity contribution in [1.82, 2.24) is 10.4 Å². The number of rotatable bonds is 9. The van der Waals surface area contributed by atoms with Crippen LogP contribution in [0.5, 0.6) is 11.5 Å². The Labute approximate surface area is 197 Å². The van der Waals surface area contributed by atoms with Crippen LogP contribution in [-0.4, -0.2) is 28.6 Å². The number of hydrazone groups is 1. The number of nitro benzene ring substituents is 1. The lowest BCUT2D eigenvalue weighted by atomic mass is 10.2. The summed E-state index contributed by atoms with van der Waals surface area (Å²) in [6.45, 7) is 2.52. The second kappa shape index (κ2) is 11.2. The Morgan fingerprint density at radius 2 is 1.91 bits per heavy atom. The molecule has 0 aliphatic heterocycles. The fourth-order valence-electron chi connectivity index (χ4n) is 2.67. The molecular weight excluding hydrogens is 527 g/mol. The van der Waals surface area contributed by atoms with E-state index in [0.29, 0.717) is 23.7 Å². The molecule has 0 saturated heterocycles. The molecule has 0 fully saturated rings. The number of non-ortho nitro benzene ring substituents is 1. The molecule has 0 saturated carbocycles. The molecule has 1 aromatic heterocycles. The van der Waals surface area contributed by atoms with Gasteiger partial charge in [-0.15, -0.1) is 0 Å². The Morgan fingerprint density at radius 1 is 1.19 bits per heavy atom. The van der Waals surface area contributed by atoms with E-state index in [1.165, 1.54) is 30.7 Å². The van der Waals surface area contributed by atoms with Crippen molar-refractivity contribution in [2.45, 2.75) is 13.5 Å². The number of hydrogen-bond donors (Lipinski definition) is 1. The number of ether oxygens (including phenoxy) is 2. The van der Waals surface area contributed by atoms with E-state index >= 15 is 0 Å². The average Bonchev–Trinajstić information content (AvgIpc) is 2.79. The van der Waals surface area contributed by atoms with Crippen LogP contribution in [-0.2, 0) is 6.61 Å². The van der Waals surface area contributed by atoms with Crippen LogP contribution in [0.2, 0.25) is 0 Å². The number of nitro groups is 1. The number of benzene rings is 2. The number of carbonyl (C=O) groups excluding carboxylic acids is 1. The van der Waals surface area contributed by atoms with Crippen molar-refractivity contribution in [3.05, 3.63) is 91.3 Å². The summed E-state index contributed by atoms with van der Waals surface area (Å²) in [5.41, 5.74) is 4.46. The van der Waals surface area contributed by atoms with E-state index in [1.807, 2.05) is 13.0 Å². The van der Waals surface area contributed by atoms with Crippen LogP contribution in [0, 0.1) is 13.7 Å². The van der Waals surface area contributed by atoms with Crippen LogP contribution in [0.15, 0.2) is 66.0 Å². The number of nitrogens with zero attached hydrogens (tertiary/aromatic N) is 3. The van der Waals surface area contributed by atoms with Gasteiger partial charge >= 0.3 is 0 Å². The van der Waals surface area contributed by atoms with Gasteiger partial charge in [0.15, 0.2) is 11.5 Å². The first kappa shape index (κ1) is 23.1. The van der Waals surface area contributed by atoms with Gasteiger partial charge in [0, 0.05) is 30.1 Å². The summed E-state index contributed by atoms with van der Waals surface area (Å²) in [7, 11) is 0. The van der Waals surface area contributed by atoms with Crippen molar-refractivity contribution in [3.8, 4) is 11.5 Å². The molecule has 9 nitrogen and oxygen atoms in total. The highest BCUT2D eigenvalue weighted by Gasteiger charge is 2.13. The Morgan fingerprint density at radius 3 is 2.56 bits per heavy atom. The fourth-order valence-corrected chi connectivity index (χ4v) is 3.45. The molecule has 164 valence electrons. The molecule has 1 N–H and O–H groups in total. The Kier molecular flexibility index (Phi) is 8.08. The zero-order valence-electron chi connectivity index (χ0n) is 17.0. The minimum absolute atomic E-state index is 0.0259. The third-order valence-electron chi connectivity index (χ3n) is 4.18. The van der Waals surface area contributed by atoms with Gasteiger partial charge in [0.2, 0.25) is 0 Å². The number of aromatic nitrogens is 1. The molecule has 0 bridgehead atoms. The summed E-state index contributed by atoms with van der Waals surface area (Å²) in [4.78, 5) is 26.3. The second-order valence-electron chi connectivity index (χ2n) is 6.41. The number of hydrogen-bond acceptors (Lipinski definition) is 7. The molecule has 2 aromatic carbocycles. The third-order valence-corrected chi connectivity index (χ3v) is 4.99. The van der Waals surface area contributed by atoms with E-state index in [2.05, 4.69) is 38.1 Å². The highest BCUT2D eigenvalue weighted by atomic mass is 127. The molecule has 0 unspecified atom stereocenters. The molecule has 0 aliphatic rings. The predicted octanol–water partition coefficient (Wildman–Crippen LogP) is 4.34. The van der Waals surface area contributed by atoms with E-state index in [9.17, 15) is 14.9 Å². The standard InChI is InChI=1S/C22H19IN4O5/c1-2-31-20-12-16(13-25-26-22(28)17-7-9-24-10-8-17)11-19(23)21(20)32-14-15-3-5-18(6-4-15)27(29)30/h3-13H,2,14H2,1H3,(H,26,28)/b25-13+. The van der Waals surface area contributed by atoms with Crippen LogP contribution in [0.3, 0.4) is 0 Å². The molecule has 10 heteroatoms. The molecule has 0 radical (unpaired) electrons. The van der Waals surface area contributed by atoms with Crippen molar-refractivity contribution >= 4 is 40.4 Å². The molecule has 32 heavy (non-hydrogen) atoms. The maximum atomic E-state index is 12.1. The largest absolute Gasteiger partial charge is 0.490 e. The van der Waals surface area contributed by atoms with Gasteiger partial charge in [-0.05, 0) is 77.0 Å². The molecule has 3 rings (SSSR count). The zero-order chi connectivity index (χ0) is 22.9. The number of carbonyl (C=O) groups is 1. The molecular formula is C22H19IN4O5. The van der Waals surface area contributed by atoms with Gasteiger partial charge < -0.3 is 9.47 Å². The van der Waals surface area contributed by atoms with Gasteiger partial charge in [0.05, 0.1) is 21.3 Å². The van der Waals surface area contributed by atoms with E-state index in [1.54, 1.807) is 30.3 Å². The van der Waals surface area contributed by atoms with Crippen LogP contribution in [0.25, 0.3) is 0 Å². The van der Waals surface area contributed by atoms with Crippen molar-refractivity contribution in [2.24, 2.45) is 5.10 Å². The lowest BCUT2D eigenvalue weighted by Gasteiger charge is -2.14. The number of halogens is 1. The zero-order valence-corrected chi connectivity index (χ0v) is 19.2. The normalized spacial score (nSPS) is 10.7. The Hall–Kier alpha value is -3.54. The van der Waals surface area contributed by atoms with Crippen molar-refractivity contribution < 1.29 is 19.2 Å². The summed E-state index contributed by atoms with van der Waals surface area (Å²) in [6.07, 6.45) is 4.58. The van der Waals surface area contributed by atoms with E-state index in [0.717, 1.165) is 14.7 Å². The first-order valence-corrected chi connectivity index (χ1v) is 10.6. The second-order valence-corrected chi connectivity index (χ2v) is 7.57. The lowest BCUT2D eigenvalue weighted by molar-refractivity contribution is -0.384. The number of amides is 1. The van der Waals surface area contributed by atoms with E-state index in [-0.39, 0.29) is 18.2 Å². The highest BCUT2D eigenvalue weighted by Crippen LogP contribution is 2.34. The van der Waals surface area contributed by atoms with E-state index in [4.69, 9.17) is 9.47 Å². The van der Waals surface area contributed by atoms with Gasteiger partial charge in [-0.1, -0.05) is 0 Å². The minimum atomic E-state index is -0.444. The van der Waals surface area contributed by atoms with Crippen molar-refractivity contribution in [2.75, 3.05) is 6.61 Å². The van der Waals surface area contributed by atoms with Crippen LogP contribution in [0.1, 0.15) is 28.4 Å². The summed E-state index contributed by atoms with van der Waals surface area (Å²) < 4.78 is 12.4. The van der Waals surface area contributed by atoms with Crippen molar-refractivity contribution in [3.63, 3.8) is 0 Å². The SMILES string of the molecule is CCOc1cc(/C=N/NC(=O)c2ccncc2)cc(I)c1OCc1ccc([N+](=O)[O-])cc1. The van der Waals surface area contributed by atoms with E-state index < -0.39 is 4.92 Å². The van der Waals surface area contributed by atoms with Crippen LogP contribution < -0.4 is 14.9 Å². The predicted molar refractivity (Wildman–Crippen MR) is 127 cm³/mol. The third kappa shape index (κ3) is 6.23. The van der Waals surface area contributed by atoms with Gasteiger partial charge in [-0.2, -0.15) is 5.10 Å². The monoisotopic (exact) mass is 546 g/mol. The summed E-state index contributed by atoms with van der Waals surface area (Å²) in [5, 5.41) is 14.8. The molecule has 1 amide bonds. The first-order valence-electron chi connectivity index (χ1n) is 9.54. The molecule has 0 aliphatic carbocycles. The van der Waals surface area contributed by atoms with Gasteiger partial charge in [-0.25, -0.2) is 5.43 Å². The quantitative estimate of drug-likeness (QED) is 0.185. The van der Waals surface area contributed by atoms with Gasteiger partial charge in [0.1, 0.15) is 6.61 Å². The Balaban J connectivity index is 1.71. The summed E-state index contributed by atoms with van der Waals surface area (Å²) in [5.74, 6) is 0.749. The maximum absolute atomic E-state index is 12.1. The smallest absolute Gasteiger partial charge is 0.271 e. The molecule has 1 heterocycles. The van der Waals surface area contributed by atoms with Gasteiger partial charge in [0.25, 0.3) is 11.6 Å². The molecule has 0 atom stereocenters. The first-order chi connectivity index (χ1) is 15.5. The topological polar surface area (TPSA) is 116 Å². The van der Waals surface area contributed by atoms with Crippen molar-refractivity contribution in [1.29, 1.82) is 0 Å². The summed E-state index contributed by atoms with van der Waals surface area (Å²) >= 11 is 2.13. The number of pyridine rings is 1. The molecule has 0 spiro atoms. The average molecular weight is 546 g/mol. The highest BCUT2D eigenvalue weighted by molar-refractivity contribution is 14.1. The maximum Gasteiger partial charge on any atom is 0.271 e. The lowest BCUT2D eigenvalue weighted by Crippen LogP contribution is -2.17. The Bertz CT molecular complexity index is 1120. The molecule has 3 aromatic rings. The van der Waals surface area contributed by atoms with Crippen LogP contribution >= 0.6 is 22.6 Å². The minimum Gasteiger partial charge on any atom is -0.490 e. The van der Waals surface area contributed by atoms with Crippen LogP contribution in [0.4, 0.5) is 5.69 Å². The number of nitrogens with one attached hydrogen (secondary N) is 1. The summed E-state index contributed by atoms with van der Waals surface area (Å²) in [6, 6.07) is 13.0.